The fourth-order valence-electron chi connectivity index (χ4n) is 0.997. The number of ether oxygens (including phenoxy) is 1. The third-order valence-electron chi connectivity index (χ3n) is 2.38. The number of nitriles is 1. The Labute approximate surface area is 95.8 Å². The monoisotopic (exact) mass is 226 g/mol. The van der Waals surface area contributed by atoms with E-state index in [1.54, 1.807) is 20.8 Å². The van der Waals surface area contributed by atoms with Crippen molar-refractivity contribution < 1.29 is 14.3 Å². The van der Waals surface area contributed by atoms with E-state index < -0.39 is 5.41 Å². The number of nitrogens with zero attached hydrogens (tertiary/aromatic N) is 1. The largest absolute Gasteiger partial charge is 0.466 e. The van der Waals surface area contributed by atoms with Crippen molar-refractivity contribution in [2.45, 2.75) is 33.6 Å². The summed E-state index contributed by atoms with van der Waals surface area (Å²) in [6, 6.07) is 1.96. The molecule has 0 aliphatic heterocycles. The quantitative estimate of drug-likeness (QED) is 0.685. The van der Waals surface area contributed by atoms with Crippen molar-refractivity contribution in [2.75, 3.05) is 13.2 Å². The Bertz CT molecular complexity index is 296. The van der Waals surface area contributed by atoms with E-state index in [-0.39, 0.29) is 24.8 Å². The normalized spacial score (nSPS) is 13.4. The third kappa shape index (κ3) is 4.30. The molecule has 0 saturated heterocycles. The Hall–Kier alpha value is -1.57. The van der Waals surface area contributed by atoms with Crippen LogP contribution in [0.4, 0.5) is 0 Å². The zero-order valence-corrected chi connectivity index (χ0v) is 10.0. The predicted octanol–water partition coefficient (Wildman–Crippen LogP) is 0.996. The fourth-order valence-corrected chi connectivity index (χ4v) is 0.997. The minimum Gasteiger partial charge on any atom is -0.466 e. The van der Waals surface area contributed by atoms with Gasteiger partial charge in [0.05, 0.1) is 19.1 Å². The van der Waals surface area contributed by atoms with E-state index in [9.17, 15) is 9.59 Å². The molecule has 0 aromatic rings. The molecule has 90 valence electrons. The van der Waals surface area contributed by atoms with E-state index in [4.69, 9.17) is 10.00 Å². The first-order chi connectivity index (χ1) is 7.50. The number of hydrogen-bond donors (Lipinski definition) is 1. The lowest BCUT2D eigenvalue weighted by molar-refractivity contribution is -0.143. The molecule has 5 heteroatoms. The highest BCUT2D eigenvalue weighted by Gasteiger charge is 2.30. The molecule has 0 fully saturated rings. The minimum absolute atomic E-state index is 0.130. The summed E-state index contributed by atoms with van der Waals surface area (Å²) >= 11 is 0. The molecule has 0 aliphatic carbocycles. The molecule has 16 heavy (non-hydrogen) atoms. The van der Waals surface area contributed by atoms with Crippen molar-refractivity contribution in [3.63, 3.8) is 0 Å². The average molecular weight is 226 g/mol. The van der Waals surface area contributed by atoms with Crippen LogP contribution in [0.25, 0.3) is 0 Å². The van der Waals surface area contributed by atoms with Crippen molar-refractivity contribution in [3.8, 4) is 6.07 Å². The Morgan fingerprint density at radius 3 is 2.50 bits per heavy atom. The number of esters is 1. The second-order valence-electron chi connectivity index (χ2n) is 3.61. The molecule has 0 bridgehead atoms. The first-order valence-electron chi connectivity index (χ1n) is 5.35. The molecule has 0 aromatic carbocycles. The van der Waals surface area contributed by atoms with Gasteiger partial charge < -0.3 is 10.1 Å². The van der Waals surface area contributed by atoms with Crippen LogP contribution in [-0.4, -0.2) is 25.0 Å². The first-order valence-corrected chi connectivity index (χ1v) is 5.35. The third-order valence-corrected chi connectivity index (χ3v) is 2.38. The van der Waals surface area contributed by atoms with Crippen LogP contribution in [0.1, 0.15) is 33.6 Å². The van der Waals surface area contributed by atoms with Crippen LogP contribution in [0, 0.1) is 16.7 Å². The minimum atomic E-state index is -1.02. The summed E-state index contributed by atoms with van der Waals surface area (Å²) < 4.78 is 4.71. The number of carbonyl (C=O) groups is 2. The van der Waals surface area contributed by atoms with Crippen LogP contribution in [0.2, 0.25) is 0 Å². The van der Waals surface area contributed by atoms with Gasteiger partial charge >= 0.3 is 5.97 Å². The van der Waals surface area contributed by atoms with E-state index >= 15 is 0 Å². The maximum absolute atomic E-state index is 11.6. The van der Waals surface area contributed by atoms with Crippen LogP contribution < -0.4 is 5.32 Å². The van der Waals surface area contributed by atoms with Crippen LogP contribution in [0.15, 0.2) is 0 Å². The maximum atomic E-state index is 11.6. The van der Waals surface area contributed by atoms with Gasteiger partial charge in [-0.3, -0.25) is 9.59 Å². The van der Waals surface area contributed by atoms with E-state index in [0.29, 0.717) is 13.0 Å². The molecule has 5 nitrogen and oxygen atoms in total. The predicted molar refractivity (Wildman–Crippen MR) is 58.3 cm³/mol. The van der Waals surface area contributed by atoms with Crippen LogP contribution in [0.5, 0.6) is 0 Å². The molecular formula is C11H18N2O3. The molecule has 0 spiro atoms. The second kappa shape index (κ2) is 6.83. The highest BCUT2D eigenvalue weighted by atomic mass is 16.5. The summed E-state index contributed by atoms with van der Waals surface area (Å²) in [4.78, 5) is 22.6. The standard InChI is InChI=1S/C11H18N2O3/c1-4-11(3,8-12)10(15)13-7-6-9(14)16-5-2/h4-7H2,1-3H3,(H,13,15). The van der Waals surface area contributed by atoms with Gasteiger partial charge in [0.15, 0.2) is 0 Å². The summed E-state index contributed by atoms with van der Waals surface area (Å²) in [5.41, 5.74) is -1.02. The molecule has 0 rings (SSSR count). The van der Waals surface area contributed by atoms with Gasteiger partial charge in [-0.2, -0.15) is 5.26 Å². The molecule has 0 saturated carbocycles. The van der Waals surface area contributed by atoms with Crippen molar-refractivity contribution in [2.24, 2.45) is 5.41 Å². The Kier molecular flexibility index (Phi) is 6.16. The summed E-state index contributed by atoms with van der Waals surface area (Å²) in [5, 5.41) is 11.4. The number of hydrogen-bond acceptors (Lipinski definition) is 4. The molecule has 0 aliphatic rings. The van der Waals surface area contributed by atoms with E-state index in [2.05, 4.69) is 5.32 Å². The zero-order chi connectivity index (χ0) is 12.6. The topological polar surface area (TPSA) is 79.2 Å². The lowest BCUT2D eigenvalue weighted by Crippen LogP contribution is -2.38. The maximum Gasteiger partial charge on any atom is 0.307 e. The molecule has 0 radical (unpaired) electrons. The Balaban J connectivity index is 4.00. The summed E-state index contributed by atoms with van der Waals surface area (Å²) in [6.07, 6.45) is 0.569. The molecule has 1 unspecified atom stereocenters. The average Bonchev–Trinajstić information content (AvgIpc) is 2.28. The Morgan fingerprint density at radius 2 is 2.06 bits per heavy atom. The molecule has 0 heterocycles. The molecule has 0 aromatic heterocycles. The van der Waals surface area contributed by atoms with Gasteiger partial charge in [-0.25, -0.2) is 0 Å². The zero-order valence-electron chi connectivity index (χ0n) is 10.0. The van der Waals surface area contributed by atoms with E-state index in [0.717, 1.165) is 0 Å². The second-order valence-corrected chi connectivity index (χ2v) is 3.61. The molecule has 1 amide bonds. The van der Waals surface area contributed by atoms with Crippen molar-refractivity contribution in [1.29, 1.82) is 5.26 Å². The number of nitrogens with one attached hydrogen (secondary N) is 1. The smallest absolute Gasteiger partial charge is 0.307 e. The van der Waals surface area contributed by atoms with Crippen molar-refractivity contribution >= 4 is 11.9 Å². The summed E-state index contributed by atoms with van der Waals surface area (Å²) in [7, 11) is 0. The van der Waals surface area contributed by atoms with Crippen LogP contribution in [-0.2, 0) is 14.3 Å². The number of carbonyl (C=O) groups excluding carboxylic acids is 2. The van der Waals surface area contributed by atoms with Crippen LogP contribution >= 0.6 is 0 Å². The van der Waals surface area contributed by atoms with Gasteiger partial charge in [-0.05, 0) is 20.3 Å². The van der Waals surface area contributed by atoms with Crippen molar-refractivity contribution in [3.05, 3.63) is 0 Å². The van der Waals surface area contributed by atoms with Crippen LogP contribution in [0.3, 0.4) is 0 Å². The molecule has 1 atom stereocenters. The lowest BCUT2D eigenvalue weighted by Gasteiger charge is -2.18. The molecule has 1 N–H and O–H groups in total. The highest BCUT2D eigenvalue weighted by molar-refractivity contribution is 5.85. The SMILES string of the molecule is CCOC(=O)CCNC(=O)C(C)(C#N)CC. The van der Waals surface area contributed by atoms with E-state index in [1.807, 2.05) is 6.07 Å². The van der Waals surface area contributed by atoms with Gasteiger partial charge in [0.25, 0.3) is 0 Å². The first kappa shape index (κ1) is 14.4. The fraction of sp³-hybridized carbons (Fsp3) is 0.727. The van der Waals surface area contributed by atoms with Gasteiger partial charge in [0, 0.05) is 6.54 Å². The Morgan fingerprint density at radius 1 is 1.44 bits per heavy atom. The van der Waals surface area contributed by atoms with Gasteiger partial charge in [0.1, 0.15) is 5.41 Å². The number of rotatable bonds is 6. The molecular weight excluding hydrogens is 208 g/mol. The van der Waals surface area contributed by atoms with E-state index in [1.165, 1.54) is 0 Å². The lowest BCUT2D eigenvalue weighted by atomic mass is 9.88. The van der Waals surface area contributed by atoms with Gasteiger partial charge in [-0.1, -0.05) is 6.92 Å². The van der Waals surface area contributed by atoms with Gasteiger partial charge in [0.2, 0.25) is 5.91 Å². The van der Waals surface area contributed by atoms with Gasteiger partial charge in [-0.15, -0.1) is 0 Å². The highest BCUT2D eigenvalue weighted by Crippen LogP contribution is 2.19. The van der Waals surface area contributed by atoms with Crippen molar-refractivity contribution in [1.82, 2.24) is 5.32 Å². The number of amides is 1. The summed E-state index contributed by atoms with van der Waals surface area (Å²) in [5.74, 6) is -0.695. The summed E-state index contributed by atoms with van der Waals surface area (Å²) in [6.45, 7) is 5.60.